The standard InChI is InChI=1S/C47H43F3N12O4/c1-6-61-35(16-25(3)57-61)43-53-22-33-31-18-28(41(51)63)20-37(65-5)39(31)59(45(33)55-43)14-8-9-15-60-40-32(34-23-54-44(56-46(34)60)36-17-26(4)58-62(36)7-2)19-29(42(52)64)21-38(40)66-24-27-10-12-30(13-11-27)47(48,49)50/h8-13,16-23H,6-7,14-15,24H2,1-5H3,(H2,51,63)(H2,52,64)/b9-8+. The fourth-order valence-electron chi connectivity index (χ4n) is 8.33. The fraction of sp³-hybridized carbons (Fsp3) is 0.234. The number of aromatic nitrogens is 10. The Morgan fingerprint density at radius 2 is 1.15 bits per heavy atom. The molecule has 0 aliphatic heterocycles. The third kappa shape index (κ3) is 7.71. The topological polar surface area (TPSA) is 202 Å². The quantitative estimate of drug-likeness (QED) is 0.101. The number of carbonyl (C=O) groups excluding carboxylic acids is 2. The smallest absolute Gasteiger partial charge is 0.416 e. The minimum atomic E-state index is -4.50. The van der Waals surface area contributed by atoms with Gasteiger partial charge in [0.1, 0.15) is 40.8 Å². The number of methoxy groups -OCH3 is 1. The Bertz CT molecular complexity index is 3420. The molecular formula is C47H43F3N12O4. The number of hydrogen-bond acceptors (Lipinski definition) is 10. The molecule has 4 N–H and O–H groups in total. The van der Waals surface area contributed by atoms with Crippen LogP contribution in [0.2, 0.25) is 0 Å². The van der Waals surface area contributed by atoms with Crippen molar-refractivity contribution >= 4 is 55.7 Å². The van der Waals surface area contributed by atoms with Crippen LogP contribution in [-0.4, -0.2) is 67.6 Å². The summed E-state index contributed by atoms with van der Waals surface area (Å²) in [4.78, 5) is 44.8. The van der Waals surface area contributed by atoms with E-state index in [4.69, 9.17) is 40.9 Å². The second-order valence-corrected chi connectivity index (χ2v) is 15.7. The number of amides is 2. The van der Waals surface area contributed by atoms with Gasteiger partial charge < -0.3 is 30.1 Å². The second-order valence-electron chi connectivity index (χ2n) is 15.7. The van der Waals surface area contributed by atoms with Crippen molar-refractivity contribution < 1.29 is 32.2 Å². The normalized spacial score (nSPS) is 12.1. The largest absolute Gasteiger partial charge is 0.495 e. The number of benzene rings is 3. The Morgan fingerprint density at radius 1 is 0.682 bits per heavy atom. The molecule has 2 amide bonds. The number of rotatable bonds is 14. The summed E-state index contributed by atoms with van der Waals surface area (Å²) in [5.41, 5.74) is 17.1. The molecule has 16 nitrogen and oxygen atoms in total. The highest BCUT2D eigenvalue weighted by atomic mass is 19.4. The summed E-state index contributed by atoms with van der Waals surface area (Å²) in [5.74, 6) is 0.232. The maximum Gasteiger partial charge on any atom is 0.416 e. The predicted molar refractivity (Wildman–Crippen MR) is 242 cm³/mol. The molecule has 0 unspecified atom stereocenters. The van der Waals surface area contributed by atoms with Crippen LogP contribution in [0, 0.1) is 13.8 Å². The first-order valence-electron chi connectivity index (χ1n) is 21.0. The zero-order chi connectivity index (χ0) is 46.6. The van der Waals surface area contributed by atoms with E-state index in [1.807, 2.05) is 70.5 Å². The number of primary amides is 2. The highest BCUT2D eigenvalue weighted by molar-refractivity contribution is 6.13. The van der Waals surface area contributed by atoms with Crippen LogP contribution in [-0.2, 0) is 39.0 Å². The second kappa shape index (κ2) is 16.8. The molecule has 3 aromatic carbocycles. The lowest BCUT2D eigenvalue weighted by Crippen LogP contribution is -2.11. The van der Waals surface area contributed by atoms with Crippen LogP contribution in [0.25, 0.3) is 66.9 Å². The Kier molecular flexibility index (Phi) is 11.0. The van der Waals surface area contributed by atoms with E-state index in [0.717, 1.165) is 29.2 Å². The number of alkyl halides is 3. The van der Waals surface area contributed by atoms with E-state index in [1.165, 1.54) is 25.3 Å². The molecule has 19 heteroatoms. The van der Waals surface area contributed by atoms with Gasteiger partial charge in [-0.3, -0.25) is 19.0 Å². The zero-order valence-corrected chi connectivity index (χ0v) is 36.5. The third-order valence-corrected chi connectivity index (χ3v) is 11.4. The van der Waals surface area contributed by atoms with E-state index in [9.17, 15) is 22.8 Å². The Hall–Kier alpha value is -8.09. The minimum absolute atomic E-state index is 0.117. The molecule has 9 rings (SSSR count). The third-order valence-electron chi connectivity index (χ3n) is 11.4. The molecular weight excluding hydrogens is 854 g/mol. The van der Waals surface area contributed by atoms with Gasteiger partial charge in [-0.05, 0) is 81.8 Å². The van der Waals surface area contributed by atoms with Crippen molar-refractivity contribution in [1.29, 1.82) is 0 Å². The molecule has 0 atom stereocenters. The average Bonchev–Trinajstić information content (AvgIpc) is 4.05. The molecule has 0 saturated heterocycles. The van der Waals surface area contributed by atoms with E-state index in [2.05, 4.69) is 10.2 Å². The van der Waals surface area contributed by atoms with Crippen LogP contribution in [0.1, 0.15) is 57.1 Å². The van der Waals surface area contributed by atoms with Crippen molar-refractivity contribution in [2.75, 3.05) is 7.11 Å². The number of ether oxygens (including phenoxy) is 2. The Morgan fingerprint density at radius 3 is 1.59 bits per heavy atom. The van der Waals surface area contributed by atoms with Gasteiger partial charge in [0.15, 0.2) is 11.6 Å². The molecule has 0 aliphatic carbocycles. The van der Waals surface area contributed by atoms with E-state index in [-0.39, 0.29) is 36.6 Å². The maximum absolute atomic E-state index is 13.4. The number of nitrogens with two attached hydrogens (primary N) is 2. The van der Waals surface area contributed by atoms with Crippen molar-refractivity contribution in [3.63, 3.8) is 0 Å². The van der Waals surface area contributed by atoms with Crippen LogP contribution in [0.4, 0.5) is 13.2 Å². The number of aryl methyl sites for hydroxylation is 4. The van der Waals surface area contributed by atoms with Crippen LogP contribution in [0.3, 0.4) is 0 Å². The van der Waals surface area contributed by atoms with Gasteiger partial charge >= 0.3 is 6.18 Å². The lowest BCUT2D eigenvalue weighted by molar-refractivity contribution is -0.137. The molecule has 0 spiro atoms. The number of allylic oxidation sites excluding steroid dienone is 2. The van der Waals surface area contributed by atoms with Gasteiger partial charge in [-0.15, -0.1) is 0 Å². The van der Waals surface area contributed by atoms with Crippen molar-refractivity contribution in [3.8, 4) is 34.5 Å². The highest BCUT2D eigenvalue weighted by Gasteiger charge is 2.30. The first-order valence-corrected chi connectivity index (χ1v) is 21.0. The van der Waals surface area contributed by atoms with Crippen LogP contribution >= 0.6 is 0 Å². The van der Waals surface area contributed by atoms with Gasteiger partial charge in [0, 0.05) is 71.2 Å². The monoisotopic (exact) mass is 896 g/mol. The first-order chi connectivity index (χ1) is 31.7. The molecule has 0 saturated carbocycles. The molecule has 66 heavy (non-hydrogen) atoms. The fourth-order valence-corrected chi connectivity index (χ4v) is 8.33. The van der Waals surface area contributed by atoms with Gasteiger partial charge in [-0.2, -0.15) is 23.4 Å². The van der Waals surface area contributed by atoms with Crippen molar-refractivity contribution in [2.45, 2.75) is 66.7 Å². The van der Waals surface area contributed by atoms with Gasteiger partial charge in [0.25, 0.3) is 0 Å². The van der Waals surface area contributed by atoms with Gasteiger partial charge in [-0.25, -0.2) is 19.9 Å². The maximum atomic E-state index is 13.4. The van der Waals surface area contributed by atoms with Crippen molar-refractivity contribution in [2.24, 2.45) is 11.5 Å². The van der Waals surface area contributed by atoms with Crippen LogP contribution in [0.15, 0.2) is 85.2 Å². The Labute approximate surface area is 374 Å². The van der Waals surface area contributed by atoms with Crippen LogP contribution in [0.5, 0.6) is 11.5 Å². The molecule has 0 bridgehead atoms. The van der Waals surface area contributed by atoms with Gasteiger partial charge in [0.2, 0.25) is 11.8 Å². The predicted octanol–water partition coefficient (Wildman–Crippen LogP) is 7.93. The number of hydrogen-bond donors (Lipinski definition) is 2. The molecule has 0 radical (unpaired) electrons. The van der Waals surface area contributed by atoms with E-state index in [0.29, 0.717) is 85.6 Å². The number of halogens is 3. The molecule has 0 aliphatic rings. The molecule has 6 heterocycles. The SMILES string of the molecule is CCn1nc(C)cc1-c1ncc2c3cc(C(N)=O)cc(OC)c3n(C/C=C/Cn3c4nc(-c5cc(C)nn5CC)ncc4c4cc(C(N)=O)cc(OCc5ccc(C(F)(F)F)cc5)c43)c2n1. The summed E-state index contributed by atoms with van der Waals surface area (Å²) in [6, 6.07) is 15.0. The first kappa shape index (κ1) is 43.2. The summed E-state index contributed by atoms with van der Waals surface area (Å²) < 4.78 is 59.9. The molecule has 336 valence electrons. The summed E-state index contributed by atoms with van der Waals surface area (Å²) in [6.45, 7) is 9.33. The van der Waals surface area contributed by atoms with E-state index >= 15 is 0 Å². The molecule has 6 aromatic heterocycles. The summed E-state index contributed by atoms with van der Waals surface area (Å²) in [6.07, 6.45) is 2.81. The number of carbonyl (C=O) groups is 2. The average molecular weight is 897 g/mol. The van der Waals surface area contributed by atoms with E-state index in [1.54, 1.807) is 30.6 Å². The van der Waals surface area contributed by atoms with Crippen LogP contribution < -0.4 is 20.9 Å². The summed E-state index contributed by atoms with van der Waals surface area (Å²) >= 11 is 0. The molecule has 9 aromatic rings. The van der Waals surface area contributed by atoms with Crippen molar-refractivity contribution in [3.05, 3.63) is 119 Å². The van der Waals surface area contributed by atoms with E-state index < -0.39 is 23.6 Å². The summed E-state index contributed by atoms with van der Waals surface area (Å²) in [5, 5.41) is 11.7. The molecule has 0 fully saturated rings. The lowest BCUT2D eigenvalue weighted by Gasteiger charge is -2.13. The van der Waals surface area contributed by atoms with Gasteiger partial charge in [-0.1, -0.05) is 24.3 Å². The van der Waals surface area contributed by atoms with Crippen molar-refractivity contribution in [1.82, 2.24) is 48.6 Å². The number of nitrogens with zero attached hydrogens (tertiary/aromatic N) is 10. The highest BCUT2D eigenvalue weighted by Crippen LogP contribution is 2.39. The number of fused-ring (bicyclic) bond motifs is 6. The zero-order valence-electron chi connectivity index (χ0n) is 36.5. The minimum Gasteiger partial charge on any atom is -0.495 e. The lowest BCUT2D eigenvalue weighted by atomic mass is 10.1. The van der Waals surface area contributed by atoms with Gasteiger partial charge in [0.05, 0.1) is 35.1 Å². The summed E-state index contributed by atoms with van der Waals surface area (Å²) in [7, 11) is 1.52. The Balaban J connectivity index is 1.18.